The van der Waals surface area contributed by atoms with E-state index in [4.69, 9.17) is 5.11 Å². The first-order valence-corrected chi connectivity index (χ1v) is 6.30. The van der Waals surface area contributed by atoms with Crippen molar-refractivity contribution < 1.29 is 14.7 Å². The summed E-state index contributed by atoms with van der Waals surface area (Å²) in [6, 6.07) is -0.0479. The van der Waals surface area contributed by atoms with Gasteiger partial charge in [-0.15, -0.1) is 0 Å². The number of carbonyl (C=O) groups is 2. The van der Waals surface area contributed by atoms with Crippen LogP contribution in [0, 0.1) is 11.8 Å². The van der Waals surface area contributed by atoms with Crippen LogP contribution in [0.1, 0.15) is 39.5 Å². The molecule has 1 aliphatic rings. The third kappa shape index (κ3) is 5.56. The standard InChI is InChI=1S/C12H22N2O3/c1-3-10(6-9-4-5-9)14-12(17)13-7-8(2)11(15)16/h8-10H,3-7H2,1-2H3,(H,15,16)(H2,13,14,17). The smallest absolute Gasteiger partial charge is 0.315 e. The molecule has 0 heterocycles. The number of nitrogens with one attached hydrogen (secondary N) is 2. The topological polar surface area (TPSA) is 78.4 Å². The van der Waals surface area contributed by atoms with Crippen LogP contribution in [0.2, 0.25) is 0 Å². The highest BCUT2D eigenvalue weighted by Gasteiger charge is 2.25. The first-order valence-electron chi connectivity index (χ1n) is 6.30. The summed E-state index contributed by atoms with van der Waals surface area (Å²) in [6.45, 7) is 3.79. The molecular formula is C12H22N2O3. The van der Waals surface area contributed by atoms with E-state index in [0.717, 1.165) is 18.8 Å². The van der Waals surface area contributed by atoms with Crippen LogP contribution in [0.4, 0.5) is 4.79 Å². The Bertz CT molecular complexity index is 277. The molecule has 0 aromatic carbocycles. The number of rotatable bonds is 7. The number of carbonyl (C=O) groups excluding carboxylic acids is 1. The van der Waals surface area contributed by atoms with Crippen LogP contribution in [-0.4, -0.2) is 29.7 Å². The van der Waals surface area contributed by atoms with Crippen molar-refractivity contribution in [2.24, 2.45) is 11.8 Å². The van der Waals surface area contributed by atoms with Gasteiger partial charge in [0.2, 0.25) is 0 Å². The molecule has 0 bridgehead atoms. The molecule has 2 atom stereocenters. The second kappa shape index (κ2) is 6.47. The van der Waals surface area contributed by atoms with Gasteiger partial charge in [0.15, 0.2) is 0 Å². The molecule has 3 N–H and O–H groups in total. The summed E-state index contributed by atoms with van der Waals surface area (Å²) >= 11 is 0. The molecule has 1 aliphatic carbocycles. The first-order chi connectivity index (χ1) is 8.02. The Hall–Kier alpha value is -1.26. The van der Waals surface area contributed by atoms with Gasteiger partial charge in [0.25, 0.3) is 0 Å². The van der Waals surface area contributed by atoms with E-state index in [2.05, 4.69) is 10.6 Å². The Balaban J connectivity index is 2.19. The zero-order valence-electron chi connectivity index (χ0n) is 10.5. The summed E-state index contributed by atoms with van der Waals surface area (Å²) in [6.07, 6.45) is 4.50. The molecule has 0 saturated heterocycles. The van der Waals surface area contributed by atoms with Crippen molar-refractivity contribution in [1.29, 1.82) is 0 Å². The molecule has 1 rings (SSSR count). The van der Waals surface area contributed by atoms with Gasteiger partial charge in [0.1, 0.15) is 0 Å². The van der Waals surface area contributed by atoms with Gasteiger partial charge in [0, 0.05) is 12.6 Å². The molecule has 5 heteroatoms. The molecular weight excluding hydrogens is 220 g/mol. The Morgan fingerprint density at radius 1 is 1.41 bits per heavy atom. The molecule has 2 amide bonds. The van der Waals surface area contributed by atoms with Gasteiger partial charge in [0.05, 0.1) is 5.92 Å². The lowest BCUT2D eigenvalue weighted by molar-refractivity contribution is -0.140. The lowest BCUT2D eigenvalue weighted by Crippen LogP contribution is -2.44. The van der Waals surface area contributed by atoms with Gasteiger partial charge in [-0.2, -0.15) is 0 Å². The Morgan fingerprint density at radius 2 is 2.06 bits per heavy atom. The van der Waals surface area contributed by atoms with Crippen LogP contribution in [0.3, 0.4) is 0 Å². The van der Waals surface area contributed by atoms with Crippen LogP contribution in [0.25, 0.3) is 0 Å². The van der Waals surface area contributed by atoms with E-state index in [1.165, 1.54) is 12.8 Å². The molecule has 2 unspecified atom stereocenters. The van der Waals surface area contributed by atoms with E-state index < -0.39 is 11.9 Å². The van der Waals surface area contributed by atoms with Crippen LogP contribution < -0.4 is 10.6 Å². The molecule has 17 heavy (non-hydrogen) atoms. The predicted molar refractivity (Wildman–Crippen MR) is 64.8 cm³/mol. The summed E-state index contributed by atoms with van der Waals surface area (Å²) in [5.74, 6) is -0.669. The molecule has 0 aliphatic heterocycles. The van der Waals surface area contributed by atoms with Gasteiger partial charge in [-0.3, -0.25) is 4.79 Å². The Kier molecular flexibility index (Phi) is 5.25. The van der Waals surface area contributed by atoms with E-state index in [0.29, 0.717) is 0 Å². The molecule has 98 valence electrons. The Labute approximate surface area is 102 Å². The van der Waals surface area contributed by atoms with Gasteiger partial charge in [-0.05, 0) is 18.8 Å². The van der Waals surface area contributed by atoms with Crippen LogP contribution in [-0.2, 0) is 4.79 Å². The van der Waals surface area contributed by atoms with E-state index >= 15 is 0 Å². The zero-order valence-corrected chi connectivity index (χ0v) is 10.5. The number of aliphatic carboxylic acids is 1. The number of carboxylic acids is 1. The van der Waals surface area contributed by atoms with E-state index in [1.54, 1.807) is 6.92 Å². The number of amides is 2. The maximum Gasteiger partial charge on any atom is 0.315 e. The summed E-state index contributed by atoms with van der Waals surface area (Å²) < 4.78 is 0. The maximum absolute atomic E-state index is 11.5. The van der Waals surface area contributed by atoms with Crippen LogP contribution in [0.5, 0.6) is 0 Å². The van der Waals surface area contributed by atoms with Crippen molar-refractivity contribution in [2.75, 3.05) is 6.54 Å². The average molecular weight is 242 g/mol. The fourth-order valence-electron chi connectivity index (χ4n) is 1.65. The molecule has 1 fully saturated rings. The van der Waals surface area contributed by atoms with Gasteiger partial charge in [-0.25, -0.2) is 4.79 Å². The second-order valence-electron chi connectivity index (χ2n) is 4.88. The fraction of sp³-hybridized carbons (Fsp3) is 0.833. The van der Waals surface area contributed by atoms with Gasteiger partial charge < -0.3 is 15.7 Å². The largest absolute Gasteiger partial charge is 0.481 e. The number of hydrogen-bond acceptors (Lipinski definition) is 2. The summed E-state index contributed by atoms with van der Waals surface area (Å²) in [4.78, 5) is 22.1. The normalized spacial score (nSPS) is 18.2. The average Bonchev–Trinajstić information content (AvgIpc) is 3.08. The minimum atomic E-state index is -0.893. The van der Waals surface area contributed by atoms with Gasteiger partial charge in [-0.1, -0.05) is 26.7 Å². The fourth-order valence-corrected chi connectivity index (χ4v) is 1.65. The molecule has 5 nitrogen and oxygen atoms in total. The number of carboxylic acid groups (broad SMARTS) is 1. The monoisotopic (exact) mass is 242 g/mol. The highest BCUT2D eigenvalue weighted by atomic mass is 16.4. The van der Waals surface area contributed by atoms with Crippen molar-refractivity contribution in [3.05, 3.63) is 0 Å². The summed E-state index contributed by atoms with van der Waals surface area (Å²) in [5, 5.41) is 14.2. The van der Waals surface area contributed by atoms with Crippen LogP contribution in [0.15, 0.2) is 0 Å². The van der Waals surface area contributed by atoms with Gasteiger partial charge >= 0.3 is 12.0 Å². The second-order valence-corrected chi connectivity index (χ2v) is 4.88. The first kappa shape index (κ1) is 13.8. The molecule has 0 spiro atoms. The van der Waals surface area contributed by atoms with E-state index in [1.807, 2.05) is 6.92 Å². The SMILES string of the molecule is CCC(CC1CC1)NC(=O)NCC(C)C(=O)O. The lowest BCUT2D eigenvalue weighted by Gasteiger charge is -2.17. The highest BCUT2D eigenvalue weighted by Crippen LogP contribution is 2.33. The summed E-state index contributed by atoms with van der Waals surface area (Å²) in [7, 11) is 0. The third-order valence-electron chi connectivity index (χ3n) is 3.13. The number of hydrogen-bond donors (Lipinski definition) is 3. The molecule has 0 aromatic heterocycles. The maximum atomic E-state index is 11.5. The van der Waals surface area contributed by atoms with Crippen molar-refractivity contribution in [3.8, 4) is 0 Å². The third-order valence-corrected chi connectivity index (χ3v) is 3.13. The van der Waals surface area contributed by atoms with Crippen molar-refractivity contribution in [1.82, 2.24) is 10.6 Å². The molecule has 0 aromatic rings. The quantitative estimate of drug-likeness (QED) is 0.634. The highest BCUT2D eigenvalue weighted by molar-refractivity contribution is 5.75. The van der Waals surface area contributed by atoms with E-state index in [-0.39, 0.29) is 18.6 Å². The number of urea groups is 1. The predicted octanol–water partition coefficient (Wildman–Crippen LogP) is 1.59. The summed E-state index contributed by atoms with van der Waals surface area (Å²) in [5.41, 5.74) is 0. The minimum Gasteiger partial charge on any atom is -0.481 e. The zero-order chi connectivity index (χ0) is 12.8. The van der Waals surface area contributed by atoms with Crippen LogP contribution >= 0.6 is 0 Å². The van der Waals surface area contributed by atoms with E-state index in [9.17, 15) is 9.59 Å². The molecule has 0 radical (unpaired) electrons. The molecule has 1 saturated carbocycles. The van der Waals surface area contributed by atoms with Crippen molar-refractivity contribution >= 4 is 12.0 Å². The minimum absolute atomic E-state index is 0.168. The Morgan fingerprint density at radius 3 is 2.53 bits per heavy atom. The van der Waals surface area contributed by atoms with Crippen molar-refractivity contribution in [2.45, 2.75) is 45.6 Å². The van der Waals surface area contributed by atoms with Crippen molar-refractivity contribution in [3.63, 3.8) is 0 Å². The lowest BCUT2D eigenvalue weighted by atomic mass is 10.1.